The smallest absolute Gasteiger partial charge is 0.234 e. The van der Waals surface area contributed by atoms with Gasteiger partial charge in [-0.3, -0.25) is 4.79 Å². The molecule has 0 spiro atoms. The SMILES string of the molecule is NCC(NC(=O)C1Cc2ccccc2S1)C1CC1. The van der Waals surface area contributed by atoms with Gasteiger partial charge in [0.2, 0.25) is 5.91 Å². The number of carbonyl (C=O) groups excluding carboxylic acids is 1. The highest BCUT2D eigenvalue weighted by atomic mass is 32.2. The van der Waals surface area contributed by atoms with Crippen molar-refractivity contribution >= 4 is 17.7 Å². The Labute approximate surface area is 112 Å². The lowest BCUT2D eigenvalue weighted by atomic mass is 10.1. The lowest BCUT2D eigenvalue weighted by Gasteiger charge is -2.18. The standard InChI is InChI=1S/C14H18N2OS/c15-8-11(9-5-6-9)16-14(17)13-7-10-3-1-2-4-12(10)18-13/h1-4,9,11,13H,5-8,15H2,(H,16,17). The highest BCUT2D eigenvalue weighted by Crippen LogP contribution is 2.37. The van der Waals surface area contributed by atoms with Crippen LogP contribution in [0.3, 0.4) is 0 Å². The van der Waals surface area contributed by atoms with Crippen molar-refractivity contribution in [1.82, 2.24) is 5.32 Å². The number of amides is 1. The van der Waals surface area contributed by atoms with Crippen LogP contribution in [-0.2, 0) is 11.2 Å². The average molecular weight is 262 g/mol. The fourth-order valence-electron chi connectivity index (χ4n) is 2.47. The van der Waals surface area contributed by atoms with Crippen LogP contribution in [0.15, 0.2) is 29.2 Å². The molecule has 3 rings (SSSR count). The number of fused-ring (bicyclic) bond motifs is 1. The van der Waals surface area contributed by atoms with E-state index in [0.29, 0.717) is 12.5 Å². The Morgan fingerprint density at radius 1 is 1.44 bits per heavy atom. The molecule has 18 heavy (non-hydrogen) atoms. The number of nitrogens with one attached hydrogen (secondary N) is 1. The second kappa shape index (κ2) is 4.94. The minimum atomic E-state index is 0.0233. The molecule has 4 heteroatoms. The van der Waals surface area contributed by atoms with Crippen LogP contribution in [0.25, 0.3) is 0 Å². The van der Waals surface area contributed by atoms with Gasteiger partial charge >= 0.3 is 0 Å². The number of nitrogens with two attached hydrogens (primary N) is 1. The van der Waals surface area contributed by atoms with Gasteiger partial charge in [-0.25, -0.2) is 0 Å². The van der Waals surface area contributed by atoms with E-state index in [1.807, 2.05) is 12.1 Å². The van der Waals surface area contributed by atoms with Crippen LogP contribution in [0.1, 0.15) is 18.4 Å². The van der Waals surface area contributed by atoms with E-state index in [9.17, 15) is 4.79 Å². The van der Waals surface area contributed by atoms with Gasteiger partial charge < -0.3 is 11.1 Å². The Balaban J connectivity index is 1.61. The van der Waals surface area contributed by atoms with Gasteiger partial charge in [-0.2, -0.15) is 0 Å². The highest BCUT2D eigenvalue weighted by Gasteiger charge is 2.34. The van der Waals surface area contributed by atoms with Crippen molar-refractivity contribution in [3.05, 3.63) is 29.8 Å². The molecule has 1 aromatic rings. The summed E-state index contributed by atoms with van der Waals surface area (Å²) in [7, 11) is 0. The summed E-state index contributed by atoms with van der Waals surface area (Å²) in [6, 6.07) is 8.44. The third-order valence-electron chi connectivity index (χ3n) is 3.71. The topological polar surface area (TPSA) is 55.1 Å². The largest absolute Gasteiger partial charge is 0.351 e. The summed E-state index contributed by atoms with van der Waals surface area (Å²) >= 11 is 1.68. The first-order valence-electron chi connectivity index (χ1n) is 6.53. The van der Waals surface area contributed by atoms with Crippen molar-refractivity contribution in [2.75, 3.05) is 6.54 Å². The first-order chi connectivity index (χ1) is 8.78. The van der Waals surface area contributed by atoms with Crippen LogP contribution >= 0.6 is 11.8 Å². The molecule has 96 valence electrons. The summed E-state index contributed by atoms with van der Waals surface area (Å²) in [5.41, 5.74) is 7.01. The summed E-state index contributed by atoms with van der Waals surface area (Å²) in [5, 5.41) is 3.14. The minimum Gasteiger partial charge on any atom is -0.351 e. The second-order valence-electron chi connectivity index (χ2n) is 5.11. The summed E-state index contributed by atoms with van der Waals surface area (Å²) in [4.78, 5) is 13.5. The molecule has 3 nitrogen and oxygen atoms in total. The molecular formula is C14H18N2OS. The van der Waals surface area contributed by atoms with Crippen molar-refractivity contribution in [3.63, 3.8) is 0 Å². The fraction of sp³-hybridized carbons (Fsp3) is 0.500. The molecule has 2 aliphatic rings. The molecule has 1 heterocycles. The zero-order valence-corrected chi connectivity index (χ0v) is 11.1. The zero-order chi connectivity index (χ0) is 12.5. The van der Waals surface area contributed by atoms with Crippen LogP contribution in [-0.4, -0.2) is 23.7 Å². The predicted octanol–water partition coefficient (Wildman–Crippen LogP) is 1.56. The van der Waals surface area contributed by atoms with E-state index in [1.165, 1.54) is 23.3 Å². The summed E-state index contributed by atoms with van der Waals surface area (Å²) < 4.78 is 0. The number of benzene rings is 1. The molecule has 1 saturated carbocycles. The molecule has 1 aliphatic heterocycles. The average Bonchev–Trinajstić information content (AvgIpc) is 3.13. The van der Waals surface area contributed by atoms with E-state index in [0.717, 1.165) is 6.42 Å². The molecule has 0 bridgehead atoms. The third kappa shape index (κ3) is 2.40. The molecular weight excluding hydrogens is 244 g/mol. The Morgan fingerprint density at radius 3 is 2.89 bits per heavy atom. The van der Waals surface area contributed by atoms with Gasteiger partial charge in [0.1, 0.15) is 0 Å². The predicted molar refractivity (Wildman–Crippen MR) is 73.5 cm³/mol. The van der Waals surface area contributed by atoms with Gasteiger partial charge in [-0.05, 0) is 36.8 Å². The number of thioether (sulfide) groups is 1. The van der Waals surface area contributed by atoms with Crippen molar-refractivity contribution in [3.8, 4) is 0 Å². The van der Waals surface area contributed by atoms with Crippen molar-refractivity contribution in [2.45, 2.75) is 35.4 Å². The van der Waals surface area contributed by atoms with Crippen LogP contribution in [0.5, 0.6) is 0 Å². The Kier molecular flexibility index (Phi) is 3.31. The molecule has 1 aromatic carbocycles. The van der Waals surface area contributed by atoms with E-state index in [4.69, 9.17) is 5.73 Å². The second-order valence-corrected chi connectivity index (χ2v) is 6.35. The molecule has 0 saturated heterocycles. The summed E-state index contributed by atoms with van der Waals surface area (Å²) in [6.07, 6.45) is 3.26. The van der Waals surface area contributed by atoms with Gasteiger partial charge in [-0.15, -0.1) is 11.8 Å². The molecule has 3 N–H and O–H groups in total. The fourth-order valence-corrected chi connectivity index (χ4v) is 3.68. The molecule has 1 amide bonds. The first kappa shape index (κ1) is 12.1. The molecule has 2 unspecified atom stereocenters. The lowest BCUT2D eigenvalue weighted by Crippen LogP contribution is -2.45. The molecule has 0 radical (unpaired) electrons. The van der Waals surface area contributed by atoms with Crippen LogP contribution in [0.4, 0.5) is 0 Å². The number of rotatable bonds is 4. The molecule has 0 aromatic heterocycles. The quantitative estimate of drug-likeness (QED) is 0.866. The Hall–Kier alpha value is -1.00. The summed E-state index contributed by atoms with van der Waals surface area (Å²) in [6.45, 7) is 0.556. The van der Waals surface area contributed by atoms with E-state index in [-0.39, 0.29) is 17.2 Å². The van der Waals surface area contributed by atoms with Gasteiger partial charge in [0.05, 0.1) is 5.25 Å². The lowest BCUT2D eigenvalue weighted by molar-refractivity contribution is -0.121. The van der Waals surface area contributed by atoms with E-state index >= 15 is 0 Å². The maximum atomic E-state index is 12.2. The van der Waals surface area contributed by atoms with E-state index in [1.54, 1.807) is 11.8 Å². The number of carbonyl (C=O) groups is 1. The minimum absolute atomic E-state index is 0.0233. The number of hydrogen-bond acceptors (Lipinski definition) is 3. The van der Waals surface area contributed by atoms with Crippen molar-refractivity contribution < 1.29 is 4.79 Å². The monoisotopic (exact) mass is 262 g/mol. The van der Waals surface area contributed by atoms with Gasteiger partial charge in [-0.1, -0.05) is 18.2 Å². The maximum Gasteiger partial charge on any atom is 0.234 e. The van der Waals surface area contributed by atoms with Crippen LogP contribution in [0.2, 0.25) is 0 Å². The first-order valence-corrected chi connectivity index (χ1v) is 7.41. The molecule has 1 aliphatic carbocycles. The normalized spacial score (nSPS) is 23.5. The summed E-state index contributed by atoms with van der Waals surface area (Å²) in [5.74, 6) is 0.770. The van der Waals surface area contributed by atoms with Crippen molar-refractivity contribution in [2.24, 2.45) is 11.7 Å². The molecule has 1 fully saturated rings. The maximum absolute atomic E-state index is 12.2. The van der Waals surface area contributed by atoms with Crippen LogP contribution in [0, 0.1) is 5.92 Å². The van der Waals surface area contributed by atoms with E-state index in [2.05, 4.69) is 17.4 Å². The Morgan fingerprint density at radius 2 is 2.22 bits per heavy atom. The van der Waals surface area contributed by atoms with E-state index < -0.39 is 0 Å². The number of hydrogen-bond donors (Lipinski definition) is 2. The van der Waals surface area contributed by atoms with Gasteiger partial charge in [0, 0.05) is 17.5 Å². The Bertz CT molecular complexity index is 434. The van der Waals surface area contributed by atoms with Gasteiger partial charge in [0.25, 0.3) is 0 Å². The molecule has 2 atom stereocenters. The van der Waals surface area contributed by atoms with Crippen LogP contribution < -0.4 is 11.1 Å². The highest BCUT2D eigenvalue weighted by molar-refractivity contribution is 8.01. The van der Waals surface area contributed by atoms with Gasteiger partial charge in [0.15, 0.2) is 0 Å². The zero-order valence-electron chi connectivity index (χ0n) is 10.3. The third-order valence-corrected chi connectivity index (χ3v) is 5.03. The van der Waals surface area contributed by atoms with Crippen molar-refractivity contribution in [1.29, 1.82) is 0 Å².